The van der Waals surface area contributed by atoms with Gasteiger partial charge >= 0.3 is 0 Å². The molecule has 1 atom stereocenters. The fraction of sp³-hybridized carbons (Fsp3) is 0.545. The lowest BCUT2D eigenvalue weighted by Crippen LogP contribution is -2.39. The summed E-state index contributed by atoms with van der Waals surface area (Å²) in [6, 6.07) is 6.41. The molecule has 1 fully saturated rings. The van der Waals surface area contributed by atoms with Gasteiger partial charge in [-0.1, -0.05) is 18.2 Å². The molecule has 1 saturated heterocycles. The molecule has 1 N–H and O–H groups in total. The van der Waals surface area contributed by atoms with Crippen LogP contribution in [0.3, 0.4) is 0 Å². The summed E-state index contributed by atoms with van der Waals surface area (Å²) in [4.78, 5) is 26.5. The van der Waals surface area contributed by atoms with Crippen LogP contribution in [0.2, 0.25) is 0 Å². The van der Waals surface area contributed by atoms with E-state index >= 15 is 0 Å². The summed E-state index contributed by atoms with van der Waals surface area (Å²) in [5, 5.41) is 2.85. The molecule has 1 aliphatic carbocycles. The van der Waals surface area contributed by atoms with Crippen LogP contribution >= 0.6 is 0 Å². The average Bonchev–Trinajstić information content (AvgIpc) is 2.67. The van der Waals surface area contributed by atoms with Crippen molar-refractivity contribution in [3.63, 3.8) is 0 Å². The molecule has 4 nitrogen and oxygen atoms in total. The zero-order chi connectivity index (χ0) is 19.1. The molecular formula is C22H29FN2O2. The van der Waals surface area contributed by atoms with E-state index < -0.39 is 0 Å². The summed E-state index contributed by atoms with van der Waals surface area (Å²) in [5.41, 5.74) is 2.10. The number of rotatable bonds is 7. The van der Waals surface area contributed by atoms with Gasteiger partial charge in [0.15, 0.2) is 0 Å². The lowest BCUT2D eigenvalue weighted by molar-refractivity contribution is -0.130. The van der Waals surface area contributed by atoms with Gasteiger partial charge in [-0.3, -0.25) is 9.59 Å². The van der Waals surface area contributed by atoms with Crippen LogP contribution in [0.5, 0.6) is 0 Å². The number of benzene rings is 1. The summed E-state index contributed by atoms with van der Waals surface area (Å²) >= 11 is 0. The monoisotopic (exact) mass is 372 g/mol. The smallest absolute Gasteiger partial charge is 0.226 e. The Balaban J connectivity index is 1.35. The van der Waals surface area contributed by atoms with Crippen molar-refractivity contribution in [3.8, 4) is 0 Å². The van der Waals surface area contributed by atoms with Gasteiger partial charge in [-0.2, -0.15) is 0 Å². The maximum absolute atomic E-state index is 13.1. The zero-order valence-corrected chi connectivity index (χ0v) is 15.9. The molecule has 3 rings (SSSR count). The Morgan fingerprint density at radius 1 is 1.19 bits per heavy atom. The molecule has 1 unspecified atom stereocenters. The van der Waals surface area contributed by atoms with Gasteiger partial charge < -0.3 is 10.2 Å². The first-order valence-electron chi connectivity index (χ1n) is 10.1. The van der Waals surface area contributed by atoms with E-state index in [0.717, 1.165) is 24.9 Å². The highest BCUT2D eigenvalue weighted by Gasteiger charge is 2.29. The van der Waals surface area contributed by atoms with Gasteiger partial charge in [0.2, 0.25) is 11.8 Å². The minimum atomic E-state index is -0.259. The fourth-order valence-corrected chi connectivity index (χ4v) is 4.11. The SMILES string of the molecule is O=C(CCCC(=O)N1CCCC2CCCC=C21)NCCc1cccc(F)c1. The van der Waals surface area contributed by atoms with E-state index in [1.165, 1.54) is 37.1 Å². The van der Waals surface area contributed by atoms with Gasteiger partial charge in [0.05, 0.1) is 0 Å². The summed E-state index contributed by atoms with van der Waals surface area (Å²) in [6.45, 7) is 1.30. The van der Waals surface area contributed by atoms with Gasteiger partial charge in [0.1, 0.15) is 5.82 Å². The van der Waals surface area contributed by atoms with E-state index in [2.05, 4.69) is 11.4 Å². The number of carbonyl (C=O) groups excluding carboxylic acids is 2. The number of hydrogen-bond acceptors (Lipinski definition) is 2. The van der Waals surface area contributed by atoms with Crippen molar-refractivity contribution < 1.29 is 14.0 Å². The standard InChI is InChI=1S/C22H29FN2O2/c23-19-9-3-6-17(16-19)13-14-24-21(26)11-4-12-22(27)25-15-5-8-18-7-1-2-10-20(18)25/h3,6,9-10,16,18H,1-2,4-5,7-8,11-15H2,(H,24,26). The highest BCUT2D eigenvalue weighted by Crippen LogP contribution is 2.35. The van der Waals surface area contributed by atoms with E-state index in [0.29, 0.717) is 38.1 Å². The molecule has 1 aromatic carbocycles. The first-order chi connectivity index (χ1) is 13.1. The molecule has 1 aromatic rings. The molecule has 1 heterocycles. The fourth-order valence-electron chi connectivity index (χ4n) is 4.11. The third kappa shape index (κ3) is 5.65. The number of nitrogens with one attached hydrogen (secondary N) is 1. The Bertz CT molecular complexity index is 701. The van der Waals surface area contributed by atoms with Crippen molar-refractivity contribution in [1.82, 2.24) is 10.2 Å². The van der Waals surface area contributed by atoms with Gasteiger partial charge in [-0.15, -0.1) is 0 Å². The predicted molar refractivity (Wildman–Crippen MR) is 103 cm³/mol. The van der Waals surface area contributed by atoms with Gasteiger partial charge in [-0.25, -0.2) is 4.39 Å². The van der Waals surface area contributed by atoms with Crippen LogP contribution in [-0.4, -0.2) is 29.8 Å². The second-order valence-corrected chi connectivity index (χ2v) is 7.53. The maximum atomic E-state index is 13.1. The van der Waals surface area contributed by atoms with Crippen LogP contribution in [0.4, 0.5) is 4.39 Å². The maximum Gasteiger partial charge on any atom is 0.226 e. The van der Waals surface area contributed by atoms with E-state index in [-0.39, 0.29) is 17.6 Å². The lowest BCUT2D eigenvalue weighted by Gasteiger charge is -2.38. The molecule has 0 radical (unpaired) electrons. The molecule has 2 amide bonds. The molecule has 2 aliphatic rings. The number of fused-ring (bicyclic) bond motifs is 1. The van der Waals surface area contributed by atoms with Crippen molar-refractivity contribution >= 4 is 11.8 Å². The molecule has 0 saturated carbocycles. The van der Waals surface area contributed by atoms with E-state index in [1.54, 1.807) is 6.07 Å². The Hall–Kier alpha value is -2.17. The zero-order valence-electron chi connectivity index (χ0n) is 15.9. The van der Waals surface area contributed by atoms with Gasteiger partial charge in [0.25, 0.3) is 0 Å². The molecule has 146 valence electrons. The van der Waals surface area contributed by atoms with Crippen molar-refractivity contribution in [2.75, 3.05) is 13.1 Å². The van der Waals surface area contributed by atoms with Crippen LogP contribution in [0.1, 0.15) is 56.9 Å². The van der Waals surface area contributed by atoms with Crippen LogP contribution in [0.25, 0.3) is 0 Å². The van der Waals surface area contributed by atoms with Gasteiger partial charge in [-0.05, 0) is 68.6 Å². The number of allylic oxidation sites excluding steroid dienone is 2. The normalized spacial score (nSPS) is 19.2. The lowest BCUT2D eigenvalue weighted by atomic mass is 9.85. The summed E-state index contributed by atoms with van der Waals surface area (Å²) in [7, 11) is 0. The molecule has 1 aliphatic heterocycles. The second kappa shape index (κ2) is 9.67. The number of hydrogen-bond donors (Lipinski definition) is 1. The van der Waals surface area contributed by atoms with E-state index in [9.17, 15) is 14.0 Å². The Morgan fingerprint density at radius 3 is 2.89 bits per heavy atom. The molecule has 27 heavy (non-hydrogen) atoms. The first-order valence-corrected chi connectivity index (χ1v) is 10.1. The number of likely N-dealkylation sites (tertiary alicyclic amines) is 1. The first kappa shape index (κ1) is 19.6. The van der Waals surface area contributed by atoms with Crippen molar-refractivity contribution in [3.05, 3.63) is 47.4 Å². The Labute approximate surface area is 160 Å². The number of amides is 2. The van der Waals surface area contributed by atoms with Crippen LogP contribution < -0.4 is 5.32 Å². The van der Waals surface area contributed by atoms with Crippen molar-refractivity contribution in [1.29, 1.82) is 0 Å². The minimum absolute atomic E-state index is 0.0485. The summed E-state index contributed by atoms with van der Waals surface area (Å²) < 4.78 is 13.1. The highest BCUT2D eigenvalue weighted by atomic mass is 19.1. The number of nitrogens with zero attached hydrogens (tertiary/aromatic N) is 1. The third-order valence-corrected chi connectivity index (χ3v) is 5.49. The largest absolute Gasteiger partial charge is 0.356 e. The topological polar surface area (TPSA) is 49.4 Å². The Kier molecular flexibility index (Phi) is 7.02. The quantitative estimate of drug-likeness (QED) is 0.788. The molecular weight excluding hydrogens is 343 g/mol. The highest BCUT2D eigenvalue weighted by molar-refractivity contribution is 5.80. The number of piperidine rings is 1. The van der Waals surface area contributed by atoms with E-state index in [1.807, 2.05) is 11.0 Å². The molecule has 0 bridgehead atoms. The van der Waals surface area contributed by atoms with Crippen LogP contribution in [0.15, 0.2) is 36.0 Å². The molecule has 0 aromatic heterocycles. The van der Waals surface area contributed by atoms with Crippen molar-refractivity contribution in [2.45, 2.75) is 57.8 Å². The average molecular weight is 372 g/mol. The predicted octanol–water partition coefficient (Wildman–Crippen LogP) is 3.96. The second-order valence-electron chi connectivity index (χ2n) is 7.53. The van der Waals surface area contributed by atoms with Crippen LogP contribution in [-0.2, 0) is 16.0 Å². The minimum Gasteiger partial charge on any atom is -0.356 e. The summed E-state index contributed by atoms with van der Waals surface area (Å²) in [5.74, 6) is 0.404. The molecule has 0 spiro atoms. The van der Waals surface area contributed by atoms with E-state index in [4.69, 9.17) is 0 Å². The van der Waals surface area contributed by atoms with Gasteiger partial charge in [0, 0.05) is 31.6 Å². The molecule has 5 heteroatoms. The number of halogens is 1. The summed E-state index contributed by atoms with van der Waals surface area (Å²) in [6.07, 6.45) is 9.96. The Morgan fingerprint density at radius 2 is 2.04 bits per heavy atom. The number of carbonyl (C=O) groups is 2. The van der Waals surface area contributed by atoms with Crippen molar-refractivity contribution in [2.24, 2.45) is 5.92 Å². The van der Waals surface area contributed by atoms with Crippen LogP contribution in [0, 0.1) is 11.7 Å². The third-order valence-electron chi connectivity index (χ3n) is 5.49.